The van der Waals surface area contributed by atoms with Crippen molar-refractivity contribution in [3.05, 3.63) is 35.9 Å². The SMILES string of the molecule is CC(C)(C)NC(=O)C(OC(=O)c1ccccc1)C(F)(F)F. The van der Waals surface area contributed by atoms with Gasteiger partial charge in [0, 0.05) is 5.54 Å². The zero-order valence-corrected chi connectivity index (χ0v) is 11.8. The van der Waals surface area contributed by atoms with Crippen LogP contribution in [0.15, 0.2) is 30.3 Å². The summed E-state index contributed by atoms with van der Waals surface area (Å²) < 4.78 is 43.0. The van der Waals surface area contributed by atoms with E-state index in [4.69, 9.17) is 0 Å². The molecule has 0 spiro atoms. The Labute approximate surface area is 120 Å². The molecular weight excluding hydrogens is 287 g/mol. The van der Waals surface area contributed by atoms with Crippen LogP contribution >= 0.6 is 0 Å². The highest BCUT2D eigenvalue weighted by Crippen LogP contribution is 2.24. The maximum atomic E-state index is 12.9. The molecule has 1 N–H and O–H groups in total. The minimum Gasteiger partial charge on any atom is -0.439 e. The Morgan fingerprint density at radius 3 is 2.05 bits per heavy atom. The van der Waals surface area contributed by atoms with Crippen LogP contribution in [-0.2, 0) is 9.53 Å². The molecule has 0 fully saturated rings. The van der Waals surface area contributed by atoms with Gasteiger partial charge in [0.25, 0.3) is 12.0 Å². The van der Waals surface area contributed by atoms with Crippen molar-refractivity contribution in [1.82, 2.24) is 5.32 Å². The molecule has 0 aromatic heterocycles. The highest BCUT2D eigenvalue weighted by Gasteiger charge is 2.49. The van der Waals surface area contributed by atoms with Crippen molar-refractivity contribution in [2.45, 2.75) is 38.6 Å². The highest BCUT2D eigenvalue weighted by atomic mass is 19.4. The van der Waals surface area contributed by atoms with E-state index in [0.29, 0.717) is 0 Å². The van der Waals surface area contributed by atoms with E-state index in [0.717, 1.165) is 0 Å². The standard InChI is InChI=1S/C14H16F3NO3/c1-13(2,3)18-11(19)10(14(15,16)17)21-12(20)9-7-5-4-6-8-9/h4-8,10H,1-3H3,(H,18,19). The van der Waals surface area contributed by atoms with Gasteiger partial charge >= 0.3 is 12.1 Å². The largest absolute Gasteiger partial charge is 0.439 e. The van der Waals surface area contributed by atoms with Gasteiger partial charge in [-0.25, -0.2) is 4.79 Å². The van der Waals surface area contributed by atoms with Gasteiger partial charge in [-0.15, -0.1) is 0 Å². The van der Waals surface area contributed by atoms with Gasteiger partial charge < -0.3 is 10.1 Å². The Hall–Kier alpha value is -2.05. The number of carbonyl (C=O) groups excluding carboxylic acids is 2. The molecule has 7 heteroatoms. The molecule has 1 amide bonds. The minimum atomic E-state index is -4.99. The number of nitrogens with one attached hydrogen (secondary N) is 1. The molecule has 1 rings (SSSR count). The first-order valence-corrected chi connectivity index (χ1v) is 6.15. The molecule has 1 aromatic rings. The fraction of sp³-hybridized carbons (Fsp3) is 0.429. The number of alkyl halides is 3. The summed E-state index contributed by atoms with van der Waals surface area (Å²) in [6.07, 6.45) is -7.83. The minimum absolute atomic E-state index is 0.0599. The molecule has 0 heterocycles. The molecule has 1 aromatic carbocycles. The fourth-order valence-corrected chi connectivity index (χ4v) is 1.45. The molecule has 21 heavy (non-hydrogen) atoms. The van der Waals surface area contributed by atoms with Gasteiger partial charge in [0.05, 0.1) is 5.56 Å². The van der Waals surface area contributed by atoms with Gasteiger partial charge in [-0.3, -0.25) is 4.79 Å². The average molecular weight is 303 g/mol. The first kappa shape index (κ1) is 17.0. The van der Waals surface area contributed by atoms with Gasteiger partial charge in [0.1, 0.15) is 0 Å². The van der Waals surface area contributed by atoms with Crippen molar-refractivity contribution in [2.75, 3.05) is 0 Å². The van der Waals surface area contributed by atoms with E-state index in [1.165, 1.54) is 45.0 Å². The average Bonchev–Trinajstić information content (AvgIpc) is 2.33. The number of rotatable bonds is 3. The molecule has 1 unspecified atom stereocenters. The molecule has 1 atom stereocenters. The van der Waals surface area contributed by atoms with Crippen LogP contribution in [-0.4, -0.2) is 29.7 Å². The summed E-state index contributed by atoms with van der Waals surface area (Å²) in [5.41, 5.74) is -0.935. The number of carbonyl (C=O) groups is 2. The predicted molar refractivity (Wildman–Crippen MR) is 69.6 cm³/mol. The first-order chi connectivity index (χ1) is 9.50. The van der Waals surface area contributed by atoms with Gasteiger partial charge in [-0.1, -0.05) is 18.2 Å². The predicted octanol–water partition coefficient (Wildman–Crippen LogP) is 2.69. The van der Waals surface area contributed by atoms with Gasteiger partial charge in [0.2, 0.25) is 0 Å². The molecule has 4 nitrogen and oxygen atoms in total. The number of ether oxygens (including phenoxy) is 1. The summed E-state index contributed by atoms with van der Waals surface area (Å²) in [6, 6.07) is 7.17. The molecular formula is C14H16F3NO3. The second-order valence-electron chi connectivity index (χ2n) is 5.43. The van der Waals surface area contributed by atoms with Gasteiger partial charge in [-0.2, -0.15) is 13.2 Å². The van der Waals surface area contributed by atoms with Crippen molar-refractivity contribution < 1.29 is 27.5 Å². The van der Waals surface area contributed by atoms with E-state index in [-0.39, 0.29) is 5.56 Å². The Bertz CT molecular complexity index is 506. The van der Waals surface area contributed by atoms with E-state index in [1.54, 1.807) is 6.07 Å². The number of hydrogen-bond donors (Lipinski definition) is 1. The topological polar surface area (TPSA) is 55.4 Å². The van der Waals surface area contributed by atoms with E-state index < -0.39 is 29.7 Å². The molecule has 0 aliphatic rings. The normalized spacial score (nSPS) is 13.4. The number of esters is 1. The number of hydrogen-bond acceptors (Lipinski definition) is 3. The van der Waals surface area contributed by atoms with Crippen LogP contribution in [0, 0.1) is 0 Å². The third kappa shape index (κ3) is 5.45. The van der Waals surface area contributed by atoms with E-state index in [1.807, 2.05) is 0 Å². The molecule has 0 aliphatic heterocycles. The quantitative estimate of drug-likeness (QED) is 0.874. The summed E-state index contributed by atoms with van der Waals surface area (Å²) in [5.74, 6) is -2.61. The van der Waals surface area contributed by atoms with Crippen LogP contribution in [0.25, 0.3) is 0 Å². The molecule has 0 saturated heterocycles. The van der Waals surface area contributed by atoms with Crippen molar-refractivity contribution >= 4 is 11.9 Å². The Kier molecular flexibility index (Phi) is 4.98. The van der Waals surface area contributed by atoms with Crippen LogP contribution in [0.4, 0.5) is 13.2 Å². The van der Waals surface area contributed by atoms with Crippen LogP contribution in [0.3, 0.4) is 0 Å². The van der Waals surface area contributed by atoms with E-state index >= 15 is 0 Å². The summed E-state index contributed by atoms with van der Waals surface area (Å²) in [7, 11) is 0. The lowest BCUT2D eigenvalue weighted by molar-refractivity contribution is -0.206. The zero-order chi connectivity index (χ0) is 16.3. The van der Waals surface area contributed by atoms with Crippen molar-refractivity contribution in [3.63, 3.8) is 0 Å². The molecule has 0 saturated carbocycles. The molecule has 0 radical (unpaired) electrons. The second kappa shape index (κ2) is 6.15. The Balaban J connectivity index is 2.90. The number of amides is 1. The summed E-state index contributed by atoms with van der Waals surface area (Å²) >= 11 is 0. The maximum Gasteiger partial charge on any atom is 0.434 e. The lowest BCUT2D eigenvalue weighted by atomic mass is 10.1. The van der Waals surface area contributed by atoms with E-state index in [2.05, 4.69) is 10.1 Å². The highest BCUT2D eigenvalue weighted by molar-refractivity contribution is 5.92. The molecule has 116 valence electrons. The maximum absolute atomic E-state index is 12.9. The monoisotopic (exact) mass is 303 g/mol. The smallest absolute Gasteiger partial charge is 0.434 e. The van der Waals surface area contributed by atoms with Crippen LogP contribution < -0.4 is 5.32 Å². The molecule has 0 aliphatic carbocycles. The second-order valence-corrected chi connectivity index (χ2v) is 5.43. The lowest BCUT2D eigenvalue weighted by Crippen LogP contribution is -2.52. The third-order valence-electron chi connectivity index (χ3n) is 2.27. The Morgan fingerprint density at radius 2 is 1.62 bits per heavy atom. The van der Waals surface area contributed by atoms with Crippen LogP contribution in [0.2, 0.25) is 0 Å². The summed E-state index contributed by atoms with van der Waals surface area (Å²) in [4.78, 5) is 23.3. The summed E-state index contributed by atoms with van der Waals surface area (Å²) in [6.45, 7) is 4.58. The van der Waals surface area contributed by atoms with Gasteiger partial charge in [0.15, 0.2) is 0 Å². The Morgan fingerprint density at radius 1 is 1.10 bits per heavy atom. The van der Waals surface area contributed by atoms with E-state index in [9.17, 15) is 22.8 Å². The zero-order valence-electron chi connectivity index (χ0n) is 11.8. The third-order valence-corrected chi connectivity index (χ3v) is 2.27. The first-order valence-electron chi connectivity index (χ1n) is 6.15. The number of benzene rings is 1. The van der Waals surface area contributed by atoms with Crippen molar-refractivity contribution in [3.8, 4) is 0 Å². The molecule has 0 bridgehead atoms. The van der Waals surface area contributed by atoms with Gasteiger partial charge in [-0.05, 0) is 32.9 Å². The summed E-state index contributed by atoms with van der Waals surface area (Å²) in [5, 5.41) is 2.15. The fourth-order valence-electron chi connectivity index (χ4n) is 1.45. The van der Waals surface area contributed by atoms with Crippen molar-refractivity contribution in [2.24, 2.45) is 0 Å². The van der Waals surface area contributed by atoms with Crippen molar-refractivity contribution in [1.29, 1.82) is 0 Å². The number of halogens is 3. The van der Waals surface area contributed by atoms with Crippen LogP contribution in [0.5, 0.6) is 0 Å². The van der Waals surface area contributed by atoms with Crippen LogP contribution in [0.1, 0.15) is 31.1 Å². The lowest BCUT2D eigenvalue weighted by Gasteiger charge is -2.26.